The Balaban J connectivity index is 2.03. The lowest BCUT2D eigenvalue weighted by Crippen LogP contribution is -2.31. The lowest BCUT2D eigenvalue weighted by Gasteiger charge is -2.29. The van der Waals surface area contributed by atoms with Gasteiger partial charge in [-0.2, -0.15) is 4.98 Å². The molecule has 0 fully saturated rings. The quantitative estimate of drug-likeness (QED) is 0.874. The van der Waals surface area contributed by atoms with Gasteiger partial charge in [0.05, 0.1) is 20.3 Å². The van der Waals surface area contributed by atoms with E-state index in [4.69, 9.17) is 9.47 Å². The number of hydrogen-bond acceptors (Lipinski definition) is 6. The van der Waals surface area contributed by atoms with Crippen LogP contribution >= 0.6 is 11.8 Å². The van der Waals surface area contributed by atoms with Crippen LogP contribution in [0, 0.1) is 0 Å². The molecule has 22 heavy (non-hydrogen) atoms. The van der Waals surface area contributed by atoms with E-state index in [1.807, 2.05) is 23.1 Å². The molecule has 2 heterocycles. The van der Waals surface area contributed by atoms with E-state index in [-0.39, 0.29) is 6.04 Å². The Kier molecular flexibility index (Phi) is 4.15. The van der Waals surface area contributed by atoms with E-state index in [0.717, 1.165) is 34.6 Å². The van der Waals surface area contributed by atoms with Gasteiger partial charge in [-0.3, -0.25) is 0 Å². The molecule has 1 aliphatic heterocycles. The van der Waals surface area contributed by atoms with Gasteiger partial charge in [0, 0.05) is 6.04 Å². The molecular weight excluding hydrogens is 300 g/mol. The van der Waals surface area contributed by atoms with Gasteiger partial charge < -0.3 is 14.8 Å². The minimum Gasteiger partial charge on any atom is -0.493 e. The first-order chi connectivity index (χ1) is 10.7. The number of benzene rings is 1. The highest BCUT2D eigenvalue weighted by Gasteiger charge is 2.28. The topological polar surface area (TPSA) is 61.2 Å². The molecule has 0 radical (unpaired) electrons. The standard InChI is InChI=1S/C15H20N4O2S/c1-9-7-11(19-14(16-9)17-15(18-19)22-4)10-5-6-12(20-2)13(8-10)21-3/h5-6,8-9,11H,7H2,1-4H3,(H,16,17,18). The Morgan fingerprint density at radius 3 is 2.73 bits per heavy atom. The van der Waals surface area contributed by atoms with Crippen LogP contribution in [0.1, 0.15) is 24.9 Å². The normalized spacial score (nSPS) is 20.2. The molecule has 0 saturated heterocycles. The smallest absolute Gasteiger partial charge is 0.222 e. The van der Waals surface area contributed by atoms with Crippen LogP contribution in [-0.2, 0) is 0 Å². The van der Waals surface area contributed by atoms with E-state index >= 15 is 0 Å². The maximum Gasteiger partial charge on any atom is 0.222 e. The van der Waals surface area contributed by atoms with Gasteiger partial charge in [-0.05, 0) is 37.3 Å². The summed E-state index contributed by atoms with van der Waals surface area (Å²) in [6.07, 6.45) is 2.93. The van der Waals surface area contributed by atoms with Crippen molar-refractivity contribution in [3.8, 4) is 11.5 Å². The molecule has 0 amide bonds. The predicted octanol–water partition coefficient (Wildman–Crippen LogP) is 2.81. The molecule has 6 nitrogen and oxygen atoms in total. The highest BCUT2D eigenvalue weighted by Crippen LogP contribution is 2.36. The Morgan fingerprint density at radius 1 is 1.27 bits per heavy atom. The lowest BCUT2D eigenvalue weighted by molar-refractivity contribution is 0.352. The van der Waals surface area contributed by atoms with E-state index in [1.54, 1.807) is 26.0 Å². The molecule has 0 aliphatic carbocycles. The maximum atomic E-state index is 5.42. The summed E-state index contributed by atoms with van der Waals surface area (Å²) in [5.41, 5.74) is 1.14. The molecule has 2 unspecified atom stereocenters. The van der Waals surface area contributed by atoms with E-state index < -0.39 is 0 Å². The van der Waals surface area contributed by atoms with Crippen LogP contribution in [-0.4, -0.2) is 41.3 Å². The Labute approximate surface area is 134 Å². The fraction of sp³-hybridized carbons (Fsp3) is 0.467. The number of ether oxygens (including phenoxy) is 2. The first-order valence-electron chi connectivity index (χ1n) is 7.15. The first kappa shape index (κ1) is 15.0. The molecule has 2 atom stereocenters. The summed E-state index contributed by atoms with van der Waals surface area (Å²) < 4.78 is 12.7. The molecule has 1 aromatic heterocycles. The van der Waals surface area contributed by atoms with Gasteiger partial charge in [0.2, 0.25) is 11.1 Å². The fourth-order valence-corrected chi connectivity index (χ4v) is 3.10. The van der Waals surface area contributed by atoms with Crippen molar-refractivity contribution in [3.63, 3.8) is 0 Å². The fourth-order valence-electron chi connectivity index (χ4n) is 2.76. The van der Waals surface area contributed by atoms with Gasteiger partial charge in [-0.1, -0.05) is 17.8 Å². The molecule has 1 N–H and O–H groups in total. The largest absolute Gasteiger partial charge is 0.493 e. The van der Waals surface area contributed by atoms with Crippen LogP contribution in [0.3, 0.4) is 0 Å². The number of nitrogens with one attached hydrogen (secondary N) is 1. The highest BCUT2D eigenvalue weighted by atomic mass is 32.2. The number of methoxy groups -OCH3 is 2. The summed E-state index contributed by atoms with van der Waals surface area (Å²) in [4.78, 5) is 4.52. The number of aromatic nitrogens is 3. The third-order valence-corrected chi connectivity index (χ3v) is 4.37. The average Bonchev–Trinajstić information content (AvgIpc) is 2.96. The van der Waals surface area contributed by atoms with Crippen molar-refractivity contribution in [1.82, 2.24) is 14.8 Å². The van der Waals surface area contributed by atoms with Crippen LogP contribution in [0.4, 0.5) is 5.95 Å². The molecular formula is C15H20N4O2S. The summed E-state index contributed by atoms with van der Waals surface area (Å²) in [5.74, 6) is 2.29. The van der Waals surface area contributed by atoms with E-state index in [1.165, 1.54) is 0 Å². The first-order valence-corrected chi connectivity index (χ1v) is 8.37. The second-order valence-corrected chi connectivity index (χ2v) is 6.05. The van der Waals surface area contributed by atoms with Gasteiger partial charge in [0.1, 0.15) is 0 Å². The van der Waals surface area contributed by atoms with Crippen molar-refractivity contribution in [1.29, 1.82) is 0 Å². The molecule has 0 spiro atoms. The zero-order valence-corrected chi connectivity index (χ0v) is 14.0. The van der Waals surface area contributed by atoms with Crippen LogP contribution in [0.15, 0.2) is 23.4 Å². The molecule has 2 aromatic rings. The van der Waals surface area contributed by atoms with Gasteiger partial charge in [-0.15, -0.1) is 5.10 Å². The molecule has 7 heteroatoms. The Bertz CT molecular complexity index is 674. The van der Waals surface area contributed by atoms with E-state index in [0.29, 0.717) is 6.04 Å². The second-order valence-electron chi connectivity index (χ2n) is 5.28. The van der Waals surface area contributed by atoms with Crippen LogP contribution in [0.2, 0.25) is 0 Å². The maximum absolute atomic E-state index is 5.42. The minimum atomic E-state index is 0.138. The summed E-state index contributed by atoms with van der Waals surface area (Å²) in [7, 11) is 3.30. The van der Waals surface area contributed by atoms with Crippen LogP contribution in [0.25, 0.3) is 0 Å². The zero-order chi connectivity index (χ0) is 15.7. The third-order valence-electron chi connectivity index (χ3n) is 3.83. The molecule has 118 valence electrons. The van der Waals surface area contributed by atoms with Crippen molar-refractivity contribution < 1.29 is 9.47 Å². The van der Waals surface area contributed by atoms with Crippen molar-refractivity contribution in [2.45, 2.75) is 30.6 Å². The second kappa shape index (κ2) is 6.08. The number of anilines is 1. The Morgan fingerprint density at radius 2 is 2.05 bits per heavy atom. The number of thioether (sulfide) groups is 1. The molecule has 1 aliphatic rings. The summed E-state index contributed by atoms with van der Waals surface area (Å²) >= 11 is 1.55. The molecule has 3 rings (SSSR count). The summed E-state index contributed by atoms with van der Waals surface area (Å²) in [5, 5.41) is 8.76. The van der Waals surface area contributed by atoms with Gasteiger partial charge in [0.25, 0.3) is 0 Å². The van der Waals surface area contributed by atoms with Crippen molar-refractivity contribution in [2.24, 2.45) is 0 Å². The minimum absolute atomic E-state index is 0.138. The summed E-state index contributed by atoms with van der Waals surface area (Å²) in [6.45, 7) is 2.16. The van der Waals surface area contributed by atoms with Crippen LogP contribution in [0.5, 0.6) is 11.5 Å². The van der Waals surface area contributed by atoms with Gasteiger partial charge >= 0.3 is 0 Å². The molecule has 0 bridgehead atoms. The SMILES string of the molecule is COc1ccc(C2CC(C)Nc3nc(SC)nn32)cc1OC. The number of fused-ring (bicyclic) bond motifs is 1. The lowest BCUT2D eigenvalue weighted by atomic mass is 9.98. The number of rotatable bonds is 4. The molecule has 0 saturated carbocycles. The van der Waals surface area contributed by atoms with E-state index in [9.17, 15) is 0 Å². The van der Waals surface area contributed by atoms with E-state index in [2.05, 4.69) is 28.4 Å². The van der Waals surface area contributed by atoms with Crippen molar-refractivity contribution >= 4 is 17.7 Å². The van der Waals surface area contributed by atoms with Crippen LogP contribution < -0.4 is 14.8 Å². The van der Waals surface area contributed by atoms with Crippen molar-refractivity contribution in [2.75, 3.05) is 25.8 Å². The Hall–Kier alpha value is -1.89. The number of nitrogens with zero attached hydrogens (tertiary/aromatic N) is 3. The monoisotopic (exact) mass is 320 g/mol. The van der Waals surface area contributed by atoms with Gasteiger partial charge in [0.15, 0.2) is 11.5 Å². The average molecular weight is 320 g/mol. The zero-order valence-electron chi connectivity index (χ0n) is 13.2. The highest BCUT2D eigenvalue weighted by molar-refractivity contribution is 7.98. The third kappa shape index (κ3) is 2.61. The molecule has 1 aromatic carbocycles. The van der Waals surface area contributed by atoms with Crippen molar-refractivity contribution in [3.05, 3.63) is 23.8 Å². The van der Waals surface area contributed by atoms with Gasteiger partial charge in [-0.25, -0.2) is 4.68 Å². The number of hydrogen-bond donors (Lipinski definition) is 1. The predicted molar refractivity (Wildman–Crippen MR) is 87.2 cm³/mol. The summed E-state index contributed by atoms with van der Waals surface area (Å²) in [6, 6.07) is 6.50.